The third-order valence-corrected chi connectivity index (χ3v) is 4.28. The van der Waals surface area contributed by atoms with Crippen molar-refractivity contribution in [3.63, 3.8) is 0 Å². The topological polar surface area (TPSA) is 39.7 Å². The predicted molar refractivity (Wildman–Crippen MR) is 101 cm³/mol. The molecule has 1 rings (SSSR count). The molecule has 0 aliphatic heterocycles. The van der Waals surface area contributed by atoms with Crippen LogP contribution in [0.3, 0.4) is 0 Å². The second-order valence-corrected chi connectivity index (χ2v) is 6.56. The molecule has 0 amide bonds. The van der Waals surface area contributed by atoms with Crippen molar-refractivity contribution >= 4 is 5.96 Å². The van der Waals surface area contributed by atoms with Crippen LogP contribution in [0.4, 0.5) is 0 Å². The van der Waals surface area contributed by atoms with Gasteiger partial charge in [-0.05, 0) is 65.3 Å². The molecule has 0 atom stereocenters. The van der Waals surface area contributed by atoms with Crippen LogP contribution in [-0.4, -0.2) is 44.1 Å². The monoisotopic (exact) mass is 318 g/mol. The largest absolute Gasteiger partial charge is 0.356 e. The molecule has 0 bridgehead atoms. The van der Waals surface area contributed by atoms with Crippen LogP contribution in [0.25, 0.3) is 0 Å². The Morgan fingerprint density at radius 3 is 2.52 bits per heavy atom. The summed E-state index contributed by atoms with van der Waals surface area (Å²) in [6.45, 7) is 11.7. The zero-order chi connectivity index (χ0) is 17.2. The maximum atomic E-state index is 4.30. The van der Waals surface area contributed by atoms with E-state index in [-0.39, 0.29) is 0 Å². The molecule has 0 aromatic heterocycles. The third kappa shape index (κ3) is 7.51. The molecular weight excluding hydrogens is 284 g/mol. The van der Waals surface area contributed by atoms with Crippen LogP contribution in [0, 0.1) is 13.8 Å². The average molecular weight is 319 g/mol. The number of aryl methyl sites for hydroxylation is 2. The molecular formula is C19H34N4. The van der Waals surface area contributed by atoms with Crippen LogP contribution < -0.4 is 10.6 Å². The SMILES string of the molecule is CN=C(NCCCCN(C)C(C)C)NCc1ccc(C)cc1C. The van der Waals surface area contributed by atoms with Gasteiger partial charge in [0.2, 0.25) is 0 Å². The first kappa shape index (κ1) is 19.5. The van der Waals surface area contributed by atoms with Crippen molar-refractivity contribution in [2.75, 3.05) is 27.2 Å². The smallest absolute Gasteiger partial charge is 0.191 e. The summed E-state index contributed by atoms with van der Waals surface area (Å²) in [7, 11) is 4.01. The Balaban J connectivity index is 2.27. The number of benzene rings is 1. The van der Waals surface area contributed by atoms with E-state index in [1.807, 2.05) is 7.05 Å². The summed E-state index contributed by atoms with van der Waals surface area (Å²) in [4.78, 5) is 6.68. The molecule has 0 aliphatic rings. The second kappa shape index (κ2) is 10.3. The van der Waals surface area contributed by atoms with Crippen LogP contribution in [0.1, 0.15) is 43.4 Å². The van der Waals surface area contributed by atoms with Crippen molar-refractivity contribution in [3.8, 4) is 0 Å². The number of guanidine groups is 1. The molecule has 130 valence electrons. The van der Waals surface area contributed by atoms with Crippen LogP contribution in [0.5, 0.6) is 0 Å². The molecule has 0 fully saturated rings. The van der Waals surface area contributed by atoms with Crippen molar-refractivity contribution in [2.45, 2.75) is 53.1 Å². The van der Waals surface area contributed by atoms with Gasteiger partial charge in [0.25, 0.3) is 0 Å². The fraction of sp³-hybridized carbons (Fsp3) is 0.632. The first-order valence-corrected chi connectivity index (χ1v) is 8.65. The van der Waals surface area contributed by atoms with E-state index in [0.29, 0.717) is 6.04 Å². The van der Waals surface area contributed by atoms with Crippen molar-refractivity contribution in [1.82, 2.24) is 15.5 Å². The molecule has 0 radical (unpaired) electrons. The lowest BCUT2D eigenvalue weighted by Gasteiger charge is -2.20. The quantitative estimate of drug-likeness (QED) is 0.439. The normalized spacial score (nSPS) is 12.1. The zero-order valence-corrected chi connectivity index (χ0v) is 15.7. The molecule has 0 saturated carbocycles. The fourth-order valence-corrected chi connectivity index (χ4v) is 2.39. The molecule has 0 saturated heterocycles. The predicted octanol–water partition coefficient (Wildman–Crippen LogP) is 3.09. The van der Waals surface area contributed by atoms with Gasteiger partial charge in [0.05, 0.1) is 0 Å². The molecule has 4 nitrogen and oxygen atoms in total. The van der Waals surface area contributed by atoms with Crippen molar-refractivity contribution in [1.29, 1.82) is 0 Å². The van der Waals surface area contributed by atoms with Crippen LogP contribution >= 0.6 is 0 Å². The summed E-state index contributed by atoms with van der Waals surface area (Å²) >= 11 is 0. The number of unbranched alkanes of at least 4 members (excludes halogenated alkanes) is 1. The van der Waals surface area contributed by atoms with E-state index < -0.39 is 0 Å². The van der Waals surface area contributed by atoms with Gasteiger partial charge in [0.1, 0.15) is 0 Å². The third-order valence-electron chi connectivity index (χ3n) is 4.28. The summed E-state index contributed by atoms with van der Waals surface area (Å²) in [6.07, 6.45) is 2.36. The number of nitrogens with zero attached hydrogens (tertiary/aromatic N) is 2. The van der Waals surface area contributed by atoms with Gasteiger partial charge in [0.15, 0.2) is 5.96 Å². The maximum absolute atomic E-state index is 4.30. The van der Waals surface area contributed by atoms with Crippen LogP contribution in [0.15, 0.2) is 23.2 Å². The Hall–Kier alpha value is -1.55. The highest BCUT2D eigenvalue weighted by Gasteiger charge is 2.03. The number of rotatable bonds is 8. The molecule has 1 aromatic rings. The highest BCUT2D eigenvalue weighted by Crippen LogP contribution is 2.09. The Labute approximate surface area is 142 Å². The van der Waals surface area contributed by atoms with Gasteiger partial charge in [0, 0.05) is 26.2 Å². The molecule has 0 heterocycles. The molecule has 23 heavy (non-hydrogen) atoms. The zero-order valence-electron chi connectivity index (χ0n) is 15.7. The van der Waals surface area contributed by atoms with Gasteiger partial charge < -0.3 is 15.5 Å². The van der Waals surface area contributed by atoms with E-state index in [4.69, 9.17) is 0 Å². The van der Waals surface area contributed by atoms with E-state index in [9.17, 15) is 0 Å². The molecule has 4 heteroatoms. The Morgan fingerprint density at radius 2 is 1.91 bits per heavy atom. The van der Waals surface area contributed by atoms with Gasteiger partial charge in [-0.15, -0.1) is 0 Å². The van der Waals surface area contributed by atoms with E-state index >= 15 is 0 Å². The first-order valence-electron chi connectivity index (χ1n) is 8.65. The highest BCUT2D eigenvalue weighted by molar-refractivity contribution is 5.79. The van der Waals surface area contributed by atoms with Gasteiger partial charge >= 0.3 is 0 Å². The molecule has 0 aliphatic carbocycles. The fourth-order valence-electron chi connectivity index (χ4n) is 2.39. The minimum atomic E-state index is 0.620. The molecule has 0 unspecified atom stereocenters. The number of hydrogen-bond acceptors (Lipinski definition) is 2. The van der Waals surface area contributed by atoms with Gasteiger partial charge in [-0.1, -0.05) is 23.8 Å². The number of hydrogen-bond donors (Lipinski definition) is 2. The van der Waals surface area contributed by atoms with Gasteiger partial charge in [-0.2, -0.15) is 0 Å². The van der Waals surface area contributed by atoms with E-state index in [1.165, 1.54) is 23.1 Å². The lowest BCUT2D eigenvalue weighted by molar-refractivity contribution is 0.268. The van der Waals surface area contributed by atoms with Crippen molar-refractivity contribution < 1.29 is 0 Å². The number of nitrogens with one attached hydrogen (secondary N) is 2. The van der Waals surface area contributed by atoms with Crippen LogP contribution in [-0.2, 0) is 6.54 Å². The maximum Gasteiger partial charge on any atom is 0.191 e. The van der Waals surface area contributed by atoms with E-state index in [2.05, 4.69) is 73.5 Å². The Bertz CT molecular complexity index is 494. The van der Waals surface area contributed by atoms with Crippen LogP contribution in [0.2, 0.25) is 0 Å². The second-order valence-electron chi connectivity index (χ2n) is 6.56. The molecule has 0 spiro atoms. The lowest BCUT2D eigenvalue weighted by Crippen LogP contribution is -2.37. The standard InChI is InChI=1S/C19H34N4/c1-15(2)23(6)12-8-7-11-21-19(20-5)22-14-18-10-9-16(3)13-17(18)4/h9-10,13,15H,7-8,11-12,14H2,1-6H3,(H2,20,21,22). The first-order chi connectivity index (χ1) is 10.9. The highest BCUT2D eigenvalue weighted by atomic mass is 15.2. The minimum absolute atomic E-state index is 0.620. The van der Waals surface area contributed by atoms with Gasteiger partial charge in [-0.25, -0.2) is 0 Å². The lowest BCUT2D eigenvalue weighted by atomic mass is 10.1. The number of aliphatic imine (C=N–C) groups is 1. The summed E-state index contributed by atoms with van der Waals surface area (Å²) in [5.41, 5.74) is 3.95. The van der Waals surface area contributed by atoms with Crippen molar-refractivity contribution in [2.24, 2.45) is 4.99 Å². The minimum Gasteiger partial charge on any atom is -0.356 e. The van der Waals surface area contributed by atoms with Gasteiger partial charge in [-0.3, -0.25) is 4.99 Å². The van der Waals surface area contributed by atoms with E-state index in [0.717, 1.165) is 32.0 Å². The van der Waals surface area contributed by atoms with E-state index in [1.54, 1.807) is 0 Å². The Kier molecular flexibility index (Phi) is 8.70. The molecule has 2 N–H and O–H groups in total. The summed E-state index contributed by atoms with van der Waals surface area (Å²) in [5.74, 6) is 0.877. The van der Waals surface area contributed by atoms with Crippen molar-refractivity contribution in [3.05, 3.63) is 34.9 Å². The summed E-state index contributed by atoms with van der Waals surface area (Å²) in [5, 5.41) is 6.79. The average Bonchev–Trinajstić information content (AvgIpc) is 2.51. The Morgan fingerprint density at radius 1 is 1.17 bits per heavy atom. The summed E-state index contributed by atoms with van der Waals surface area (Å²) in [6, 6.07) is 7.19. The molecule has 1 aromatic carbocycles. The summed E-state index contributed by atoms with van der Waals surface area (Å²) < 4.78 is 0.